The van der Waals surface area contributed by atoms with Crippen LogP contribution >= 0.6 is 0 Å². The number of carbonyl (C=O) groups is 1. The van der Waals surface area contributed by atoms with Crippen LogP contribution in [-0.4, -0.2) is 13.1 Å². The van der Waals surface area contributed by atoms with Crippen molar-refractivity contribution in [3.8, 4) is 0 Å². The van der Waals surface area contributed by atoms with Crippen LogP contribution in [0.1, 0.15) is 6.92 Å². The van der Waals surface area contributed by atoms with Gasteiger partial charge in [-0.3, -0.25) is 0 Å². The van der Waals surface area contributed by atoms with Crippen LogP contribution in [0, 0.1) is 0 Å². The predicted octanol–water partition coefficient (Wildman–Crippen LogP) is 0.733. The molecule has 0 N–H and O–H groups in total. The van der Waals surface area contributed by atoms with E-state index in [4.69, 9.17) is 0 Å². The Hall–Kier alpha value is -0.102. The van der Waals surface area contributed by atoms with Gasteiger partial charge in [0.1, 0.15) is 0 Å². The third-order valence-electron chi connectivity index (χ3n) is 0.534. The van der Waals surface area contributed by atoms with E-state index >= 15 is 0 Å². The van der Waals surface area contributed by atoms with E-state index in [1.54, 1.807) is 6.92 Å². The van der Waals surface area contributed by atoms with Gasteiger partial charge in [-0.25, -0.2) is 4.79 Å². The van der Waals surface area contributed by atoms with Gasteiger partial charge in [-0.15, -0.1) is 0 Å². The zero-order valence-corrected chi connectivity index (χ0v) is 7.11. The van der Waals surface area contributed by atoms with E-state index in [1.165, 1.54) is 7.11 Å². The molecule has 0 aliphatic carbocycles. The fourth-order valence-corrected chi connectivity index (χ4v) is 0.174. The Morgan fingerprint density at radius 3 is 2.00 bits per heavy atom. The molecule has 0 aromatic carbocycles. The Morgan fingerprint density at radius 2 is 2.00 bits per heavy atom. The molecule has 0 saturated heterocycles. The number of methoxy groups -OCH3 is 1. The van der Waals surface area contributed by atoms with E-state index in [2.05, 4.69) is 11.3 Å². The largest absolute Gasteiger partial charge is 0.466 e. The molecule has 0 rings (SSSR count). The predicted molar refractivity (Wildman–Crippen MR) is 26.8 cm³/mol. The van der Waals surface area contributed by atoms with Crippen molar-refractivity contribution >= 4 is 5.97 Å². The van der Waals surface area contributed by atoms with Crippen molar-refractivity contribution in [1.29, 1.82) is 0 Å². The Kier molecular flexibility index (Phi) is 6.81. The molecule has 0 atom stereocenters. The molecule has 8 heavy (non-hydrogen) atoms. The van der Waals surface area contributed by atoms with Gasteiger partial charge in [-0.05, 0) is 6.92 Å². The third-order valence-corrected chi connectivity index (χ3v) is 0.534. The Labute approximate surface area is 63.2 Å². The van der Waals surface area contributed by atoms with E-state index in [0.29, 0.717) is 5.57 Å². The molecule has 0 aliphatic rings. The summed E-state index contributed by atoms with van der Waals surface area (Å²) in [6.45, 7) is 4.95. The van der Waals surface area contributed by atoms with Gasteiger partial charge in [0, 0.05) is 26.6 Å². The molecule has 3 heteroatoms. The van der Waals surface area contributed by atoms with Crippen LogP contribution in [-0.2, 0) is 30.6 Å². The summed E-state index contributed by atoms with van der Waals surface area (Å²) >= 11 is 0. The molecular weight excluding hydrogens is 287 g/mol. The van der Waals surface area contributed by atoms with Gasteiger partial charge < -0.3 is 4.74 Å². The number of hydrogen-bond donors (Lipinski definition) is 0. The maximum atomic E-state index is 10.2. The summed E-state index contributed by atoms with van der Waals surface area (Å²) in [5, 5.41) is 0. The molecule has 0 aliphatic heterocycles. The normalized spacial score (nSPS) is 6.75. The van der Waals surface area contributed by atoms with E-state index in [-0.39, 0.29) is 27.0 Å². The first-order valence-corrected chi connectivity index (χ1v) is 1.92. The minimum atomic E-state index is -0.347. The van der Waals surface area contributed by atoms with E-state index < -0.39 is 0 Å². The molecular formula is C5H8O2Pt. The van der Waals surface area contributed by atoms with Crippen LogP contribution in [0.25, 0.3) is 0 Å². The smallest absolute Gasteiger partial charge is 0.332 e. The summed E-state index contributed by atoms with van der Waals surface area (Å²) in [6.07, 6.45) is 0. The SMILES string of the molecule is C=C(C)C(=O)OC.[Pt]. The first-order chi connectivity index (χ1) is 3.18. The molecule has 50 valence electrons. The Bertz CT molecular complexity index is 98.6. The summed E-state index contributed by atoms with van der Waals surface area (Å²) in [4.78, 5) is 10.2. The van der Waals surface area contributed by atoms with Crippen LogP contribution in [0.5, 0.6) is 0 Å². The van der Waals surface area contributed by atoms with Gasteiger partial charge >= 0.3 is 5.97 Å². The summed E-state index contributed by atoms with van der Waals surface area (Å²) < 4.78 is 4.27. The summed E-state index contributed by atoms with van der Waals surface area (Å²) in [6, 6.07) is 0. The van der Waals surface area contributed by atoms with E-state index in [0.717, 1.165) is 0 Å². The second-order valence-corrected chi connectivity index (χ2v) is 1.27. The van der Waals surface area contributed by atoms with Crippen molar-refractivity contribution in [2.75, 3.05) is 7.11 Å². The van der Waals surface area contributed by atoms with Crippen molar-refractivity contribution in [1.82, 2.24) is 0 Å². The minimum Gasteiger partial charge on any atom is -0.466 e. The standard InChI is InChI=1S/C5H8O2.Pt/c1-4(2)5(6)7-3;/h1H2,2-3H3;. The summed E-state index contributed by atoms with van der Waals surface area (Å²) in [5.74, 6) is -0.347. The molecule has 0 unspecified atom stereocenters. The van der Waals surface area contributed by atoms with Crippen LogP contribution in [0.15, 0.2) is 12.2 Å². The minimum absolute atomic E-state index is 0. The molecule has 0 aromatic rings. The molecule has 0 radical (unpaired) electrons. The van der Waals surface area contributed by atoms with Crippen molar-refractivity contribution < 1.29 is 30.6 Å². The Morgan fingerprint density at radius 1 is 1.62 bits per heavy atom. The second kappa shape index (κ2) is 5.04. The molecule has 0 spiro atoms. The van der Waals surface area contributed by atoms with Crippen molar-refractivity contribution in [3.63, 3.8) is 0 Å². The monoisotopic (exact) mass is 295 g/mol. The van der Waals surface area contributed by atoms with Crippen LogP contribution in [0.2, 0.25) is 0 Å². The zero-order valence-electron chi connectivity index (χ0n) is 4.84. The maximum absolute atomic E-state index is 10.2. The number of rotatable bonds is 1. The fraction of sp³-hybridized carbons (Fsp3) is 0.400. The van der Waals surface area contributed by atoms with Crippen LogP contribution < -0.4 is 0 Å². The third kappa shape index (κ3) is 4.07. The zero-order chi connectivity index (χ0) is 5.86. The molecule has 0 fully saturated rings. The second-order valence-electron chi connectivity index (χ2n) is 1.27. The average molecular weight is 295 g/mol. The maximum Gasteiger partial charge on any atom is 0.332 e. The topological polar surface area (TPSA) is 26.3 Å². The van der Waals surface area contributed by atoms with Crippen LogP contribution in [0.4, 0.5) is 0 Å². The van der Waals surface area contributed by atoms with Gasteiger partial charge in [0.15, 0.2) is 0 Å². The number of ether oxygens (including phenoxy) is 1. The summed E-state index contributed by atoms with van der Waals surface area (Å²) in [7, 11) is 1.33. The molecule has 0 amide bonds. The molecule has 0 aromatic heterocycles. The van der Waals surface area contributed by atoms with Crippen LogP contribution in [0.3, 0.4) is 0 Å². The van der Waals surface area contributed by atoms with E-state index in [9.17, 15) is 4.79 Å². The molecule has 0 heterocycles. The van der Waals surface area contributed by atoms with Gasteiger partial charge in [-0.2, -0.15) is 0 Å². The number of esters is 1. The Balaban J connectivity index is 0. The van der Waals surface area contributed by atoms with E-state index in [1.807, 2.05) is 0 Å². The quantitative estimate of drug-likeness (QED) is 0.527. The molecule has 2 nitrogen and oxygen atoms in total. The van der Waals surface area contributed by atoms with Gasteiger partial charge in [0.25, 0.3) is 0 Å². The average Bonchev–Trinajstić information content (AvgIpc) is 1.65. The van der Waals surface area contributed by atoms with Gasteiger partial charge in [0.2, 0.25) is 0 Å². The van der Waals surface area contributed by atoms with Gasteiger partial charge in [0.05, 0.1) is 7.11 Å². The first kappa shape index (κ1) is 10.8. The van der Waals surface area contributed by atoms with Crippen molar-refractivity contribution in [2.24, 2.45) is 0 Å². The number of carbonyl (C=O) groups excluding carboxylic acids is 1. The fourth-order valence-electron chi connectivity index (χ4n) is 0.174. The summed E-state index contributed by atoms with van der Waals surface area (Å²) in [5.41, 5.74) is 0.433. The number of hydrogen-bond acceptors (Lipinski definition) is 2. The van der Waals surface area contributed by atoms with Crippen molar-refractivity contribution in [3.05, 3.63) is 12.2 Å². The first-order valence-electron chi connectivity index (χ1n) is 1.92. The molecule has 0 bridgehead atoms. The van der Waals surface area contributed by atoms with Crippen molar-refractivity contribution in [2.45, 2.75) is 6.92 Å². The van der Waals surface area contributed by atoms with Gasteiger partial charge in [-0.1, -0.05) is 6.58 Å². The molecule has 0 saturated carbocycles.